The number of rotatable bonds is 12. The Bertz CT molecular complexity index is 1150. The third-order valence-corrected chi connectivity index (χ3v) is 6.59. The van der Waals surface area contributed by atoms with Crippen LogP contribution in [0.1, 0.15) is 26.3 Å². The molecule has 2 aromatic rings. The van der Waals surface area contributed by atoms with Crippen molar-refractivity contribution in [2.75, 3.05) is 38.4 Å². The lowest BCUT2D eigenvalue weighted by Crippen LogP contribution is -2.52. The quantitative estimate of drug-likeness (QED) is 0.456. The summed E-state index contributed by atoms with van der Waals surface area (Å²) in [6, 6.07) is 10.7. The third-order valence-electron chi connectivity index (χ3n) is 5.44. The predicted molar refractivity (Wildman–Crippen MR) is 138 cm³/mol. The summed E-state index contributed by atoms with van der Waals surface area (Å²) in [5, 5.41) is 2.81. The minimum atomic E-state index is -3.87. The highest BCUT2D eigenvalue weighted by atomic mass is 32.2. The van der Waals surface area contributed by atoms with E-state index in [-0.39, 0.29) is 24.2 Å². The Morgan fingerprint density at radius 1 is 0.917 bits per heavy atom. The van der Waals surface area contributed by atoms with Gasteiger partial charge in [0, 0.05) is 18.7 Å². The molecule has 0 aromatic heterocycles. The number of methoxy groups -OCH3 is 3. The molecule has 2 rings (SSSR count). The van der Waals surface area contributed by atoms with Gasteiger partial charge in [0.15, 0.2) is 11.5 Å². The first-order chi connectivity index (χ1) is 16.9. The molecule has 0 saturated heterocycles. The van der Waals surface area contributed by atoms with Crippen molar-refractivity contribution in [3.8, 4) is 17.2 Å². The molecule has 2 aromatic carbocycles. The Morgan fingerprint density at radius 3 is 2.03 bits per heavy atom. The summed E-state index contributed by atoms with van der Waals surface area (Å²) in [4.78, 5) is 27.7. The van der Waals surface area contributed by atoms with E-state index >= 15 is 0 Å². The van der Waals surface area contributed by atoms with Crippen LogP contribution < -0.4 is 23.8 Å². The lowest BCUT2D eigenvalue weighted by molar-refractivity contribution is -0.139. The lowest BCUT2D eigenvalue weighted by atomic mass is 10.1. The summed E-state index contributed by atoms with van der Waals surface area (Å²) in [5.41, 5.74) is 0.984. The number of nitrogens with one attached hydrogen (secondary N) is 1. The number of anilines is 1. The maximum absolute atomic E-state index is 13.6. The zero-order valence-corrected chi connectivity index (χ0v) is 22.6. The second-order valence-corrected chi connectivity index (χ2v) is 10.4. The number of carbonyl (C=O) groups is 2. The molecule has 0 aliphatic rings. The maximum atomic E-state index is 13.6. The molecule has 0 aliphatic carbocycles. The number of nitrogens with zero attached hydrogens (tertiary/aromatic N) is 2. The fourth-order valence-corrected chi connectivity index (χ4v) is 4.35. The molecule has 0 radical (unpaired) electrons. The molecular weight excluding hydrogens is 486 g/mol. The first-order valence-corrected chi connectivity index (χ1v) is 13.2. The van der Waals surface area contributed by atoms with E-state index in [1.54, 1.807) is 44.4 Å². The van der Waals surface area contributed by atoms with Crippen LogP contribution in [0.15, 0.2) is 42.5 Å². The Labute approximate surface area is 213 Å². The molecule has 0 bridgehead atoms. The fraction of sp³-hybridized carbons (Fsp3) is 0.440. The summed E-state index contributed by atoms with van der Waals surface area (Å²) >= 11 is 0. The van der Waals surface area contributed by atoms with E-state index in [9.17, 15) is 18.0 Å². The normalized spacial score (nSPS) is 12.0. The molecule has 198 valence electrons. The highest BCUT2D eigenvalue weighted by molar-refractivity contribution is 7.92. The van der Waals surface area contributed by atoms with Crippen molar-refractivity contribution in [2.24, 2.45) is 0 Å². The Hall–Kier alpha value is -3.47. The molecular formula is C25H35N3O7S. The molecule has 11 heteroatoms. The van der Waals surface area contributed by atoms with Gasteiger partial charge in [0.1, 0.15) is 18.3 Å². The number of amides is 2. The van der Waals surface area contributed by atoms with Crippen LogP contribution in [0.2, 0.25) is 0 Å². The predicted octanol–water partition coefficient (Wildman–Crippen LogP) is 2.42. The smallest absolute Gasteiger partial charge is 0.244 e. The van der Waals surface area contributed by atoms with Crippen LogP contribution >= 0.6 is 0 Å². The van der Waals surface area contributed by atoms with E-state index in [0.717, 1.165) is 16.1 Å². The zero-order valence-electron chi connectivity index (χ0n) is 21.8. The maximum Gasteiger partial charge on any atom is 0.244 e. The highest BCUT2D eigenvalue weighted by Crippen LogP contribution is 2.32. The Balaban J connectivity index is 2.43. The molecule has 0 saturated carbocycles. The monoisotopic (exact) mass is 521 g/mol. The molecule has 10 nitrogen and oxygen atoms in total. The van der Waals surface area contributed by atoms with Crippen LogP contribution in [-0.4, -0.2) is 71.3 Å². The molecule has 1 atom stereocenters. The number of hydrogen-bond acceptors (Lipinski definition) is 7. The molecule has 0 fully saturated rings. The van der Waals surface area contributed by atoms with Gasteiger partial charge in [-0.3, -0.25) is 13.9 Å². The van der Waals surface area contributed by atoms with Gasteiger partial charge in [-0.15, -0.1) is 0 Å². The Kier molecular flexibility index (Phi) is 9.97. The number of ether oxygens (including phenoxy) is 3. The lowest BCUT2D eigenvalue weighted by Gasteiger charge is -2.32. The number of hydrogen-bond donors (Lipinski definition) is 1. The SMILES string of the molecule is COc1ccc(CN(C(=O)CN(c2ccc(OC)c(OC)c2)S(C)(=O)=O)[C@H](C)C(=O)NC(C)C)cc1. The van der Waals surface area contributed by atoms with Gasteiger partial charge in [0.2, 0.25) is 21.8 Å². The van der Waals surface area contributed by atoms with E-state index in [1.165, 1.54) is 31.3 Å². The Morgan fingerprint density at radius 2 is 1.53 bits per heavy atom. The molecule has 2 amide bonds. The molecule has 0 unspecified atom stereocenters. The van der Waals surface area contributed by atoms with E-state index in [2.05, 4.69) is 5.32 Å². The van der Waals surface area contributed by atoms with Crippen molar-refractivity contribution < 1.29 is 32.2 Å². The van der Waals surface area contributed by atoms with E-state index in [1.807, 2.05) is 13.8 Å². The first-order valence-electron chi connectivity index (χ1n) is 11.3. The summed E-state index contributed by atoms with van der Waals surface area (Å²) in [7, 11) is 0.589. The molecule has 0 heterocycles. The fourth-order valence-electron chi connectivity index (χ4n) is 3.51. The van der Waals surface area contributed by atoms with E-state index in [4.69, 9.17) is 14.2 Å². The topological polar surface area (TPSA) is 114 Å². The third kappa shape index (κ3) is 7.51. The van der Waals surface area contributed by atoms with Crippen LogP contribution in [-0.2, 0) is 26.2 Å². The van der Waals surface area contributed by atoms with E-state index in [0.29, 0.717) is 17.2 Å². The molecule has 0 spiro atoms. The van der Waals surface area contributed by atoms with Gasteiger partial charge < -0.3 is 24.4 Å². The van der Waals surface area contributed by atoms with E-state index < -0.39 is 28.5 Å². The van der Waals surface area contributed by atoms with Gasteiger partial charge in [0.25, 0.3) is 0 Å². The first kappa shape index (κ1) is 28.8. The molecule has 36 heavy (non-hydrogen) atoms. The van der Waals surface area contributed by atoms with Crippen LogP contribution in [0.25, 0.3) is 0 Å². The molecule has 0 aliphatic heterocycles. The number of sulfonamides is 1. The van der Waals surface area contributed by atoms with Crippen molar-refractivity contribution in [2.45, 2.75) is 39.4 Å². The largest absolute Gasteiger partial charge is 0.497 e. The molecule has 1 N–H and O–H groups in total. The summed E-state index contributed by atoms with van der Waals surface area (Å²) < 4.78 is 42.1. The van der Waals surface area contributed by atoms with Gasteiger partial charge in [0.05, 0.1) is 33.3 Å². The standard InChI is InChI=1S/C25H35N3O7S/c1-17(2)26-25(30)18(3)27(15-19-8-11-21(33-4)12-9-19)24(29)16-28(36(7,31)32)20-10-13-22(34-5)23(14-20)35-6/h8-14,17-18H,15-16H2,1-7H3,(H,26,30)/t18-/m1/s1. The van der Waals surface area contributed by atoms with Gasteiger partial charge >= 0.3 is 0 Å². The van der Waals surface area contributed by atoms with Crippen molar-refractivity contribution in [1.82, 2.24) is 10.2 Å². The van der Waals surface area contributed by atoms with Crippen molar-refractivity contribution in [1.29, 1.82) is 0 Å². The zero-order chi connectivity index (χ0) is 27.0. The summed E-state index contributed by atoms with van der Waals surface area (Å²) in [5.74, 6) is 0.497. The van der Waals surface area contributed by atoms with Gasteiger partial charge in [-0.2, -0.15) is 0 Å². The number of benzene rings is 2. The minimum Gasteiger partial charge on any atom is -0.497 e. The van der Waals surface area contributed by atoms with Crippen molar-refractivity contribution in [3.63, 3.8) is 0 Å². The van der Waals surface area contributed by atoms with Crippen molar-refractivity contribution >= 4 is 27.5 Å². The summed E-state index contributed by atoms with van der Waals surface area (Å²) in [6.45, 7) is 4.84. The average molecular weight is 522 g/mol. The van der Waals surface area contributed by atoms with Gasteiger partial charge in [-0.25, -0.2) is 8.42 Å². The second kappa shape index (κ2) is 12.5. The van der Waals surface area contributed by atoms with Crippen molar-refractivity contribution in [3.05, 3.63) is 48.0 Å². The van der Waals surface area contributed by atoms with Crippen LogP contribution in [0.4, 0.5) is 5.69 Å². The average Bonchev–Trinajstić information content (AvgIpc) is 2.84. The van der Waals surface area contributed by atoms with Gasteiger partial charge in [-0.1, -0.05) is 12.1 Å². The summed E-state index contributed by atoms with van der Waals surface area (Å²) in [6.07, 6.45) is 1.01. The van der Waals surface area contributed by atoms with Gasteiger partial charge in [-0.05, 0) is 50.6 Å². The van der Waals surface area contributed by atoms with Crippen LogP contribution in [0, 0.1) is 0 Å². The number of carbonyl (C=O) groups excluding carboxylic acids is 2. The van der Waals surface area contributed by atoms with Crippen LogP contribution in [0.5, 0.6) is 17.2 Å². The second-order valence-electron chi connectivity index (χ2n) is 8.52. The van der Waals surface area contributed by atoms with Crippen LogP contribution in [0.3, 0.4) is 0 Å². The highest BCUT2D eigenvalue weighted by Gasteiger charge is 2.30. The minimum absolute atomic E-state index is 0.0963.